The minimum atomic E-state index is -0.128. The van der Waals surface area contributed by atoms with Gasteiger partial charge in [-0.25, -0.2) is 0 Å². The van der Waals surface area contributed by atoms with Crippen LogP contribution in [0.15, 0.2) is 42.5 Å². The number of para-hydroxylation sites is 2. The van der Waals surface area contributed by atoms with Gasteiger partial charge in [-0.15, -0.1) is 0 Å². The number of nitrogens with zero attached hydrogens (tertiary/aromatic N) is 1. The molecule has 1 fully saturated rings. The predicted octanol–water partition coefficient (Wildman–Crippen LogP) is 4.89. The summed E-state index contributed by atoms with van der Waals surface area (Å²) in [5.74, 6) is -0.128. The van der Waals surface area contributed by atoms with E-state index in [4.69, 9.17) is 11.6 Å². The lowest BCUT2D eigenvalue weighted by Gasteiger charge is -2.30. The van der Waals surface area contributed by atoms with Crippen LogP contribution in [0, 0.1) is 6.92 Å². The Morgan fingerprint density at radius 3 is 2.57 bits per heavy atom. The Kier molecular flexibility index (Phi) is 4.87. The number of carbonyl (C=O) groups excluding carboxylic acids is 1. The first kappa shape index (κ1) is 15.9. The summed E-state index contributed by atoms with van der Waals surface area (Å²) in [5.41, 5.74) is 3.50. The average molecular weight is 329 g/mol. The van der Waals surface area contributed by atoms with Gasteiger partial charge in [0.25, 0.3) is 5.91 Å². The Morgan fingerprint density at radius 2 is 1.83 bits per heavy atom. The molecule has 0 bridgehead atoms. The van der Waals surface area contributed by atoms with Crippen molar-refractivity contribution in [1.82, 2.24) is 0 Å². The summed E-state index contributed by atoms with van der Waals surface area (Å²) in [6, 6.07) is 13.4. The van der Waals surface area contributed by atoms with Crippen LogP contribution in [0.5, 0.6) is 0 Å². The van der Waals surface area contributed by atoms with Crippen molar-refractivity contribution in [1.29, 1.82) is 0 Å². The minimum absolute atomic E-state index is 0.128. The molecule has 3 nitrogen and oxygen atoms in total. The van der Waals surface area contributed by atoms with Crippen molar-refractivity contribution in [3.63, 3.8) is 0 Å². The van der Waals surface area contributed by atoms with E-state index >= 15 is 0 Å². The smallest absolute Gasteiger partial charge is 0.255 e. The summed E-state index contributed by atoms with van der Waals surface area (Å²) >= 11 is 6.13. The molecule has 120 valence electrons. The Morgan fingerprint density at radius 1 is 1.09 bits per heavy atom. The summed E-state index contributed by atoms with van der Waals surface area (Å²) < 4.78 is 0. The maximum atomic E-state index is 12.5. The zero-order valence-corrected chi connectivity index (χ0v) is 14.1. The fourth-order valence-corrected chi connectivity index (χ4v) is 3.10. The molecule has 0 unspecified atom stereocenters. The van der Waals surface area contributed by atoms with E-state index in [1.54, 1.807) is 12.1 Å². The highest BCUT2D eigenvalue weighted by atomic mass is 35.5. The molecule has 0 atom stereocenters. The van der Waals surface area contributed by atoms with E-state index < -0.39 is 0 Å². The number of hydrogen-bond acceptors (Lipinski definition) is 2. The SMILES string of the molecule is Cc1ccc(C(=O)Nc2ccccc2N2CCCCC2)cc1Cl. The molecule has 1 N–H and O–H groups in total. The number of aryl methyl sites for hydroxylation is 1. The Hall–Kier alpha value is -2.00. The quantitative estimate of drug-likeness (QED) is 0.870. The molecule has 0 aromatic heterocycles. The number of piperidine rings is 1. The molecular formula is C19H21ClN2O. The number of nitrogens with one attached hydrogen (secondary N) is 1. The second-order valence-electron chi connectivity index (χ2n) is 5.98. The van der Waals surface area contributed by atoms with E-state index in [1.807, 2.05) is 31.2 Å². The average Bonchev–Trinajstić information content (AvgIpc) is 2.58. The Labute approximate surface area is 142 Å². The summed E-state index contributed by atoms with van der Waals surface area (Å²) in [6.07, 6.45) is 3.69. The van der Waals surface area contributed by atoms with E-state index in [9.17, 15) is 4.79 Å². The predicted molar refractivity (Wildman–Crippen MR) is 96.6 cm³/mol. The van der Waals surface area contributed by atoms with E-state index in [0.717, 1.165) is 30.0 Å². The lowest BCUT2D eigenvalue weighted by atomic mass is 10.1. The lowest BCUT2D eigenvalue weighted by Crippen LogP contribution is -2.30. The van der Waals surface area contributed by atoms with Gasteiger partial charge >= 0.3 is 0 Å². The van der Waals surface area contributed by atoms with Crippen LogP contribution in [0.4, 0.5) is 11.4 Å². The normalized spacial score (nSPS) is 14.6. The van der Waals surface area contributed by atoms with Crippen LogP contribution in [0.25, 0.3) is 0 Å². The molecule has 2 aromatic rings. The fourth-order valence-electron chi connectivity index (χ4n) is 2.92. The monoisotopic (exact) mass is 328 g/mol. The van der Waals surface area contributed by atoms with Crippen molar-refractivity contribution in [2.75, 3.05) is 23.3 Å². The second-order valence-corrected chi connectivity index (χ2v) is 6.39. The van der Waals surface area contributed by atoms with Crippen molar-refractivity contribution < 1.29 is 4.79 Å². The summed E-state index contributed by atoms with van der Waals surface area (Å²) in [5, 5.41) is 3.64. The van der Waals surface area contributed by atoms with Gasteiger partial charge in [0.2, 0.25) is 0 Å². The maximum Gasteiger partial charge on any atom is 0.255 e. The third-order valence-corrected chi connectivity index (χ3v) is 4.69. The van der Waals surface area contributed by atoms with Crippen LogP contribution < -0.4 is 10.2 Å². The van der Waals surface area contributed by atoms with Crippen molar-refractivity contribution in [2.45, 2.75) is 26.2 Å². The highest BCUT2D eigenvalue weighted by Crippen LogP contribution is 2.29. The largest absolute Gasteiger partial charge is 0.370 e. The molecule has 0 spiro atoms. The van der Waals surface area contributed by atoms with Gasteiger partial charge in [-0.05, 0) is 56.0 Å². The number of benzene rings is 2. The van der Waals surface area contributed by atoms with E-state index in [-0.39, 0.29) is 5.91 Å². The number of amides is 1. The minimum Gasteiger partial charge on any atom is -0.370 e. The van der Waals surface area contributed by atoms with E-state index in [1.165, 1.54) is 19.3 Å². The molecule has 2 aromatic carbocycles. The van der Waals surface area contributed by atoms with Gasteiger partial charge in [-0.3, -0.25) is 4.79 Å². The van der Waals surface area contributed by atoms with Gasteiger partial charge in [0.15, 0.2) is 0 Å². The van der Waals surface area contributed by atoms with E-state index in [2.05, 4.69) is 16.3 Å². The zero-order valence-electron chi connectivity index (χ0n) is 13.3. The second kappa shape index (κ2) is 7.05. The van der Waals surface area contributed by atoms with E-state index in [0.29, 0.717) is 10.6 Å². The molecule has 0 saturated carbocycles. The molecule has 0 aliphatic carbocycles. The highest BCUT2D eigenvalue weighted by Gasteiger charge is 2.16. The standard InChI is InChI=1S/C19H21ClN2O/c1-14-9-10-15(13-16(14)20)19(23)21-17-7-3-4-8-18(17)22-11-5-2-6-12-22/h3-4,7-10,13H,2,5-6,11-12H2,1H3,(H,21,23). The van der Waals surface area contributed by atoms with Crippen LogP contribution in [-0.2, 0) is 0 Å². The topological polar surface area (TPSA) is 32.3 Å². The first-order chi connectivity index (χ1) is 11.1. The summed E-state index contributed by atoms with van der Waals surface area (Å²) in [4.78, 5) is 14.9. The molecule has 1 saturated heterocycles. The summed E-state index contributed by atoms with van der Waals surface area (Å²) in [7, 11) is 0. The molecule has 0 radical (unpaired) electrons. The molecular weight excluding hydrogens is 308 g/mol. The van der Waals surface area contributed by atoms with Gasteiger partial charge in [0.05, 0.1) is 11.4 Å². The molecule has 1 amide bonds. The molecule has 3 rings (SSSR count). The van der Waals surface area contributed by atoms with Gasteiger partial charge in [-0.1, -0.05) is 29.8 Å². The van der Waals surface area contributed by atoms with Gasteiger partial charge in [0.1, 0.15) is 0 Å². The number of carbonyl (C=O) groups is 1. The van der Waals surface area contributed by atoms with Crippen LogP contribution in [0.1, 0.15) is 35.2 Å². The lowest BCUT2D eigenvalue weighted by molar-refractivity contribution is 0.102. The fraction of sp³-hybridized carbons (Fsp3) is 0.316. The highest BCUT2D eigenvalue weighted by molar-refractivity contribution is 6.31. The van der Waals surface area contributed by atoms with Crippen LogP contribution in [0.3, 0.4) is 0 Å². The summed E-state index contributed by atoms with van der Waals surface area (Å²) in [6.45, 7) is 4.02. The van der Waals surface area contributed by atoms with Gasteiger partial charge < -0.3 is 10.2 Å². The molecule has 1 aliphatic rings. The number of rotatable bonds is 3. The zero-order chi connectivity index (χ0) is 16.2. The Bertz CT molecular complexity index is 708. The molecule has 23 heavy (non-hydrogen) atoms. The molecule has 1 aliphatic heterocycles. The van der Waals surface area contributed by atoms with Crippen LogP contribution in [0.2, 0.25) is 5.02 Å². The third kappa shape index (κ3) is 3.67. The molecule has 1 heterocycles. The van der Waals surface area contributed by atoms with Crippen LogP contribution >= 0.6 is 11.6 Å². The van der Waals surface area contributed by atoms with Crippen molar-refractivity contribution in [3.8, 4) is 0 Å². The maximum absolute atomic E-state index is 12.5. The Balaban J connectivity index is 1.82. The number of anilines is 2. The number of halogens is 1. The van der Waals surface area contributed by atoms with Crippen LogP contribution in [-0.4, -0.2) is 19.0 Å². The van der Waals surface area contributed by atoms with Crippen molar-refractivity contribution >= 4 is 28.9 Å². The number of hydrogen-bond donors (Lipinski definition) is 1. The van der Waals surface area contributed by atoms with Crippen molar-refractivity contribution in [2.24, 2.45) is 0 Å². The first-order valence-corrected chi connectivity index (χ1v) is 8.44. The third-order valence-electron chi connectivity index (χ3n) is 4.28. The van der Waals surface area contributed by atoms with Gasteiger partial charge in [0, 0.05) is 23.7 Å². The first-order valence-electron chi connectivity index (χ1n) is 8.06. The molecule has 4 heteroatoms. The van der Waals surface area contributed by atoms with Gasteiger partial charge in [-0.2, -0.15) is 0 Å². The van der Waals surface area contributed by atoms with Crippen molar-refractivity contribution in [3.05, 3.63) is 58.6 Å².